The van der Waals surface area contributed by atoms with Crippen LogP contribution in [-0.2, 0) is 0 Å². The molecule has 1 aliphatic rings. The standard InChI is InChI=1S/C15H22N2OS/c1-10-6-7-11(8-14(10)16)15(18)17-12-4-3-5-13(9-12)19-2/h6-8,12-13H,3-5,9,16H2,1-2H3,(H,17,18). The second-order valence-corrected chi connectivity index (χ2v) is 6.40. The molecule has 2 unspecified atom stereocenters. The third-order valence-electron chi connectivity index (χ3n) is 3.84. The molecule has 0 radical (unpaired) electrons. The van der Waals surface area contributed by atoms with Gasteiger partial charge >= 0.3 is 0 Å². The van der Waals surface area contributed by atoms with E-state index in [1.165, 1.54) is 12.8 Å². The largest absolute Gasteiger partial charge is 0.398 e. The number of benzene rings is 1. The Labute approximate surface area is 119 Å². The molecule has 0 saturated heterocycles. The molecule has 1 aromatic rings. The lowest BCUT2D eigenvalue weighted by molar-refractivity contribution is 0.0928. The minimum atomic E-state index is -0.00143. The second kappa shape index (κ2) is 6.33. The van der Waals surface area contributed by atoms with Crippen molar-refractivity contribution in [2.75, 3.05) is 12.0 Å². The first-order valence-electron chi connectivity index (χ1n) is 6.80. The lowest BCUT2D eigenvalue weighted by Gasteiger charge is -2.28. The molecule has 0 bridgehead atoms. The fraction of sp³-hybridized carbons (Fsp3) is 0.533. The van der Waals surface area contributed by atoms with Crippen LogP contribution in [-0.4, -0.2) is 23.5 Å². The zero-order valence-electron chi connectivity index (χ0n) is 11.6. The number of rotatable bonds is 3. The minimum Gasteiger partial charge on any atom is -0.398 e. The predicted molar refractivity (Wildman–Crippen MR) is 82.6 cm³/mol. The van der Waals surface area contributed by atoms with E-state index < -0.39 is 0 Å². The average Bonchev–Trinajstić information content (AvgIpc) is 2.42. The van der Waals surface area contributed by atoms with Crippen molar-refractivity contribution in [2.45, 2.75) is 43.9 Å². The summed E-state index contributed by atoms with van der Waals surface area (Å²) >= 11 is 1.91. The molecule has 1 saturated carbocycles. The Morgan fingerprint density at radius 1 is 1.42 bits per heavy atom. The van der Waals surface area contributed by atoms with Gasteiger partial charge in [-0.1, -0.05) is 12.5 Å². The van der Waals surface area contributed by atoms with Gasteiger partial charge in [0.05, 0.1) is 0 Å². The van der Waals surface area contributed by atoms with Gasteiger partial charge in [-0.25, -0.2) is 0 Å². The van der Waals surface area contributed by atoms with E-state index in [1.807, 2.05) is 30.8 Å². The molecular weight excluding hydrogens is 256 g/mol. The van der Waals surface area contributed by atoms with Crippen LogP contribution in [0.15, 0.2) is 18.2 Å². The maximum atomic E-state index is 12.2. The smallest absolute Gasteiger partial charge is 0.251 e. The van der Waals surface area contributed by atoms with Gasteiger partial charge in [0.15, 0.2) is 0 Å². The Morgan fingerprint density at radius 2 is 2.21 bits per heavy atom. The van der Waals surface area contributed by atoms with Crippen molar-refractivity contribution in [1.82, 2.24) is 5.32 Å². The number of nitrogens with two attached hydrogens (primary N) is 1. The summed E-state index contributed by atoms with van der Waals surface area (Å²) in [6.45, 7) is 1.95. The number of thioether (sulfide) groups is 1. The predicted octanol–water partition coefficient (Wildman–Crippen LogP) is 2.98. The van der Waals surface area contributed by atoms with Gasteiger partial charge in [0, 0.05) is 22.5 Å². The summed E-state index contributed by atoms with van der Waals surface area (Å²) in [7, 11) is 0. The Bertz CT molecular complexity index is 461. The summed E-state index contributed by atoms with van der Waals surface area (Å²) in [5.41, 5.74) is 8.20. The maximum Gasteiger partial charge on any atom is 0.251 e. The number of carbonyl (C=O) groups excluding carboxylic acids is 1. The van der Waals surface area contributed by atoms with Crippen LogP contribution in [0, 0.1) is 6.92 Å². The van der Waals surface area contributed by atoms with Crippen molar-refractivity contribution in [1.29, 1.82) is 0 Å². The van der Waals surface area contributed by atoms with E-state index in [0.717, 1.165) is 18.4 Å². The molecule has 3 nitrogen and oxygen atoms in total. The van der Waals surface area contributed by atoms with Crippen LogP contribution in [0.3, 0.4) is 0 Å². The SMILES string of the molecule is CSC1CCCC(NC(=O)c2ccc(C)c(N)c2)C1. The van der Waals surface area contributed by atoms with E-state index in [9.17, 15) is 4.79 Å². The van der Waals surface area contributed by atoms with Gasteiger partial charge in [0.1, 0.15) is 0 Å². The van der Waals surface area contributed by atoms with Gasteiger partial charge in [0.2, 0.25) is 0 Å². The van der Waals surface area contributed by atoms with Gasteiger partial charge in [-0.15, -0.1) is 0 Å². The highest BCUT2D eigenvalue weighted by Gasteiger charge is 2.23. The first-order chi connectivity index (χ1) is 9.10. The van der Waals surface area contributed by atoms with Crippen LogP contribution in [0.25, 0.3) is 0 Å². The molecule has 19 heavy (non-hydrogen) atoms. The van der Waals surface area contributed by atoms with Gasteiger partial charge in [0.25, 0.3) is 5.91 Å². The second-order valence-electron chi connectivity index (χ2n) is 5.27. The third kappa shape index (κ3) is 3.66. The monoisotopic (exact) mass is 278 g/mol. The summed E-state index contributed by atoms with van der Waals surface area (Å²) in [6, 6.07) is 5.81. The van der Waals surface area contributed by atoms with Crippen molar-refractivity contribution in [3.05, 3.63) is 29.3 Å². The Kier molecular flexibility index (Phi) is 4.75. The Balaban J connectivity index is 1.98. The van der Waals surface area contributed by atoms with Crippen LogP contribution in [0.4, 0.5) is 5.69 Å². The molecule has 0 heterocycles. The number of hydrogen-bond donors (Lipinski definition) is 2. The first kappa shape index (κ1) is 14.3. The van der Waals surface area contributed by atoms with Crippen LogP contribution in [0.2, 0.25) is 0 Å². The molecule has 0 aromatic heterocycles. The molecule has 0 spiro atoms. The maximum absolute atomic E-state index is 12.2. The Morgan fingerprint density at radius 3 is 2.89 bits per heavy atom. The molecule has 3 N–H and O–H groups in total. The molecule has 1 fully saturated rings. The summed E-state index contributed by atoms with van der Waals surface area (Å²) in [4.78, 5) is 12.2. The quantitative estimate of drug-likeness (QED) is 0.836. The first-order valence-corrected chi connectivity index (χ1v) is 8.08. The lowest BCUT2D eigenvalue weighted by atomic mass is 9.94. The number of nitrogen functional groups attached to an aromatic ring is 1. The van der Waals surface area contributed by atoms with Crippen molar-refractivity contribution >= 4 is 23.4 Å². The van der Waals surface area contributed by atoms with E-state index in [4.69, 9.17) is 5.73 Å². The minimum absolute atomic E-state index is 0.00143. The molecule has 1 aromatic carbocycles. The molecule has 2 rings (SSSR count). The number of anilines is 1. The highest BCUT2D eigenvalue weighted by Crippen LogP contribution is 2.27. The number of aryl methyl sites for hydroxylation is 1. The van der Waals surface area contributed by atoms with E-state index in [1.54, 1.807) is 6.07 Å². The lowest BCUT2D eigenvalue weighted by Crippen LogP contribution is -2.39. The van der Waals surface area contributed by atoms with Crippen LogP contribution in [0.5, 0.6) is 0 Å². The number of nitrogens with one attached hydrogen (secondary N) is 1. The fourth-order valence-corrected chi connectivity index (χ4v) is 3.37. The molecule has 1 aliphatic carbocycles. The normalized spacial score (nSPS) is 23.1. The average molecular weight is 278 g/mol. The third-order valence-corrected chi connectivity index (χ3v) is 4.93. The summed E-state index contributed by atoms with van der Waals surface area (Å²) in [5, 5.41) is 3.82. The zero-order valence-corrected chi connectivity index (χ0v) is 12.4. The topological polar surface area (TPSA) is 55.1 Å². The fourth-order valence-electron chi connectivity index (χ4n) is 2.54. The highest BCUT2D eigenvalue weighted by atomic mass is 32.2. The molecule has 2 atom stereocenters. The van der Waals surface area contributed by atoms with Crippen LogP contribution in [0.1, 0.15) is 41.6 Å². The molecule has 0 aliphatic heterocycles. The van der Waals surface area contributed by atoms with Gasteiger partial charge in [-0.3, -0.25) is 4.79 Å². The molecular formula is C15H22N2OS. The number of hydrogen-bond acceptors (Lipinski definition) is 3. The molecule has 4 heteroatoms. The van der Waals surface area contributed by atoms with Crippen molar-refractivity contribution in [3.63, 3.8) is 0 Å². The zero-order chi connectivity index (χ0) is 13.8. The van der Waals surface area contributed by atoms with E-state index in [-0.39, 0.29) is 5.91 Å². The van der Waals surface area contributed by atoms with E-state index in [2.05, 4.69) is 11.6 Å². The summed E-state index contributed by atoms with van der Waals surface area (Å²) < 4.78 is 0. The molecule has 1 amide bonds. The van der Waals surface area contributed by atoms with Crippen molar-refractivity contribution in [2.24, 2.45) is 0 Å². The van der Waals surface area contributed by atoms with Crippen molar-refractivity contribution in [3.8, 4) is 0 Å². The van der Waals surface area contributed by atoms with Gasteiger partial charge in [-0.05, 0) is 50.1 Å². The number of carbonyl (C=O) groups is 1. The number of amides is 1. The van der Waals surface area contributed by atoms with Crippen LogP contribution >= 0.6 is 11.8 Å². The summed E-state index contributed by atoms with van der Waals surface area (Å²) in [5.74, 6) is -0.00143. The Hall–Kier alpha value is -1.16. The highest BCUT2D eigenvalue weighted by molar-refractivity contribution is 7.99. The van der Waals surface area contributed by atoms with E-state index >= 15 is 0 Å². The van der Waals surface area contributed by atoms with E-state index in [0.29, 0.717) is 22.5 Å². The van der Waals surface area contributed by atoms with Crippen LogP contribution < -0.4 is 11.1 Å². The van der Waals surface area contributed by atoms with Gasteiger partial charge in [-0.2, -0.15) is 11.8 Å². The van der Waals surface area contributed by atoms with Crippen molar-refractivity contribution < 1.29 is 4.79 Å². The van der Waals surface area contributed by atoms with Gasteiger partial charge < -0.3 is 11.1 Å². The summed E-state index contributed by atoms with van der Waals surface area (Å²) in [6.07, 6.45) is 6.78. The molecule has 104 valence electrons.